The number of rotatable bonds is 4. The highest BCUT2D eigenvalue weighted by molar-refractivity contribution is 7.98. The molecule has 0 spiro atoms. The molecular formula is C8H7F2N5S2. The predicted molar refractivity (Wildman–Crippen MR) is 60.9 cm³/mol. The van der Waals surface area contributed by atoms with E-state index in [1.165, 1.54) is 24.2 Å². The van der Waals surface area contributed by atoms with Gasteiger partial charge in [-0.25, -0.2) is 18.7 Å². The van der Waals surface area contributed by atoms with Crippen molar-refractivity contribution in [2.24, 2.45) is 0 Å². The summed E-state index contributed by atoms with van der Waals surface area (Å²) in [4.78, 5) is 7.89. The molecule has 2 aromatic rings. The summed E-state index contributed by atoms with van der Waals surface area (Å²) in [6.45, 7) is 0. The summed E-state index contributed by atoms with van der Waals surface area (Å²) < 4.78 is 24.5. The van der Waals surface area contributed by atoms with E-state index in [-0.39, 0.29) is 5.01 Å². The summed E-state index contributed by atoms with van der Waals surface area (Å²) in [6, 6.07) is 0. The average Bonchev–Trinajstić information content (AvgIpc) is 2.77. The molecule has 0 radical (unpaired) electrons. The van der Waals surface area contributed by atoms with E-state index in [1.54, 1.807) is 0 Å². The van der Waals surface area contributed by atoms with E-state index >= 15 is 0 Å². The van der Waals surface area contributed by atoms with Crippen molar-refractivity contribution in [2.45, 2.75) is 17.2 Å². The van der Waals surface area contributed by atoms with Crippen LogP contribution in [0.25, 0.3) is 0 Å². The summed E-state index contributed by atoms with van der Waals surface area (Å²) in [5.41, 5.74) is 5.59. The molecule has 17 heavy (non-hydrogen) atoms. The fourth-order valence-corrected chi connectivity index (χ4v) is 2.55. The fraction of sp³-hybridized carbons (Fsp3) is 0.250. The normalized spacial score (nSPS) is 11.0. The lowest BCUT2D eigenvalue weighted by Gasteiger charge is -1.99. The molecule has 0 saturated heterocycles. The van der Waals surface area contributed by atoms with E-state index in [0.29, 0.717) is 21.6 Å². The molecule has 2 N–H and O–H groups in total. The predicted octanol–water partition coefficient (Wildman–Crippen LogP) is 2.14. The van der Waals surface area contributed by atoms with Crippen molar-refractivity contribution >= 4 is 28.9 Å². The molecule has 0 atom stereocenters. The SMILES string of the molecule is Nc1nccnc1SCc1nnc(C(F)F)s1. The minimum atomic E-state index is -2.58. The minimum Gasteiger partial charge on any atom is -0.381 e. The number of nitrogens with zero attached hydrogens (tertiary/aromatic N) is 4. The van der Waals surface area contributed by atoms with E-state index in [2.05, 4.69) is 20.2 Å². The summed E-state index contributed by atoms with van der Waals surface area (Å²) in [7, 11) is 0. The van der Waals surface area contributed by atoms with Gasteiger partial charge in [-0.15, -0.1) is 10.2 Å². The van der Waals surface area contributed by atoms with Crippen molar-refractivity contribution in [3.8, 4) is 0 Å². The van der Waals surface area contributed by atoms with Crippen molar-refractivity contribution in [1.82, 2.24) is 20.2 Å². The maximum atomic E-state index is 12.3. The molecular weight excluding hydrogens is 268 g/mol. The van der Waals surface area contributed by atoms with Gasteiger partial charge in [0.1, 0.15) is 10.0 Å². The summed E-state index contributed by atoms with van der Waals surface area (Å²) in [5.74, 6) is 0.712. The Morgan fingerprint density at radius 1 is 1.29 bits per heavy atom. The number of nitrogens with two attached hydrogens (primary N) is 1. The molecule has 0 aliphatic heterocycles. The molecule has 0 unspecified atom stereocenters. The first kappa shape index (κ1) is 12.1. The van der Waals surface area contributed by atoms with Gasteiger partial charge in [-0.2, -0.15) is 0 Å². The van der Waals surface area contributed by atoms with Crippen LogP contribution in [0.5, 0.6) is 0 Å². The fourth-order valence-electron chi connectivity index (χ4n) is 0.990. The van der Waals surface area contributed by atoms with Gasteiger partial charge in [0.25, 0.3) is 6.43 Å². The number of halogens is 2. The highest BCUT2D eigenvalue weighted by Gasteiger charge is 2.14. The van der Waals surface area contributed by atoms with E-state index in [0.717, 1.165) is 11.3 Å². The number of nitrogen functional groups attached to an aromatic ring is 1. The van der Waals surface area contributed by atoms with Crippen LogP contribution in [0, 0.1) is 0 Å². The van der Waals surface area contributed by atoms with Gasteiger partial charge in [0.15, 0.2) is 10.8 Å². The number of aromatic nitrogens is 4. The van der Waals surface area contributed by atoms with E-state index in [9.17, 15) is 8.78 Å². The molecule has 0 amide bonds. The molecule has 0 aliphatic carbocycles. The lowest BCUT2D eigenvalue weighted by atomic mass is 10.7. The molecule has 0 aliphatic rings. The summed E-state index contributed by atoms with van der Waals surface area (Å²) in [5, 5.41) is 7.84. The van der Waals surface area contributed by atoms with Gasteiger partial charge in [0.2, 0.25) is 0 Å². The minimum absolute atomic E-state index is 0.271. The zero-order valence-electron chi connectivity index (χ0n) is 8.38. The number of hydrogen-bond donors (Lipinski definition) is 1. The number of hydrogen-bond acceptors (Lipinski definition) is 7. The number of alkyl halides is 2. The van der Waals surface area contributed by atoms with Crippen molar-refractivity contribution in [3.63, 3.8) is 0 Å². The van der Waals surface area contributed by atoms with Gasteiger partial charge in [-0.1, -0.05) is 23.1 Å². The third-order valence-electron chi connectivity index (χ3n) is 1.69. The molecule has 0 bridgehead atoms. The van der Waals surface area contributed by atoms with E-state index in [4.69, 9.17) is 5.73 Å². The molecule has 0 saturated carbocycles. The second kappa shape index (κ2) is 5.32. The molecule has 9 heteroatoms. The van der Waals surface area contributed by atoms with Crippen LogP contribution in [-0.4, -0.2) is 20.2 Å². The molecule has 0 fully saturated rings. The van der Waals surface area contributed by atoms with Crippen molar-refractivity contribution in [1.29, 1.82) is 0 Å². The number of anilines is 1. The second-order valence-corrected chi connectivity index (χ2v) is 4.93. The van der Waals surface area contributed by atoms with Crippen molar-refractivity contribution < 1.29 is 8.78 Å². The Morgan fingerprint density at radius 2 is 2.06 bits per heavy atom. The van der Waals surface area contributed by atoms with Gasteiger partial charge in [0, 0.05) is 12.4 Å². The first-order chi connectivity index (χ1) is 8.16. The van der Waals surface area contributed by atoms with Gasteiger partial charge in [-0.05, 0) is 0 Å². The molecule has 5 nitrogen and oxygen atoms in total. The van der Waals surface area contributed by atoms with Crippen molar-refractivity contribution in [2.75, 3.05) is 5.73 Å². The van der Waals surface area contributed by atoms with Crippen molar-refractivity contribution in [3.05, 3.63) is 22.4 Å². The Kier molecular flexibility index (Phi) is 3.79. The molecule has 2 heterocycles. The standard InChI is InChI=1S/C8H7F2N5S2/c9-5(10)7-15-14-4(17-7)3-16-8-6(11)12-1-2-13-8/h1-2,5H,3H2,(H2,11,12). The first-order valence-electron chi connectivity index (χ1n) is 4.46. The van der Waals surface area contributed by atoms with Gasteiger partial charge < -0.3 is 5.73 Å². The van der Waals surface area contributed by atoms with Crippen LogP contribution in [0.3, 0.4) is 0 Å². The van der Waals surface area contributed by atoms with Crippen LogP contribution < -0.4 is 5.73 Å². The zero-order valence-corrected chi connectivity index (χ0v) is 10.0. The molecule has 90 valence electrons. The highest BCUT2D eigenvalue weighted by atomic mass is 32.2. The van der Waals surface area contributed by atoms with Crippen LogP contribution in [0.2, 0.25) is 0 Å². The van der Waals surface area contributed by atoms with E-state index < -0.39 is 6.43 Å². The molecule has 0 aromatic carbocycles. The molecule has 2 aromatic heterocycles. The maximum Gasteiger partial charge on any atom is 0.291 e. The monoisotopic (exact) mass is 275 g/mol. The van der Waals surface area contributed by atoms with E-state index in [1.807, 2.05) is 0 Å². The second-order valence-electron chi connectivity index (χ2n) is 2.87. The van der Waals surface area contributed by atoms with Crippen LogP contribution >= 0.6 is 23.1 Å². The Bertz CT molecular complexity index is 504. The van der Waals surface area contributed by atoms with Crippen LogP contribution in [0.15, 0.2) is 17.4 Å². The largest absolute Gasteiger partial charge is 0.381 e. The third-order valence-corrected chi connectivity index (χ3v) is 3.81. The highest BCUT2D eigenvalue weighted by Crippen LogP contribution is 2.28. The van der Waals surface area contributed by atoms with Crippen LogP contribution in [-0.2, 0) is 5.75 Å². The van der Waals surface area contributed by atoms with Crippen LogP contribution in [0.1, 0.15) is 16.4 Å². The lowest BCUT2D eigenvalue weighted by Crippen LogP contribution is -1.94. The summed E-state index contributed by atoms with van der Waals surface area (Å²) in [6.07, 6.45) is 0.427. The third kappa shape index (κ3) is 3.07. The average molecular weight is 275 g/mol. The number of thioether (sulfide) groups is 1. The summed E-state index contributed by atoms with van der Waals surface area (Å²) >= 11 is 2.17. The van der Waals surface area contributed by atoms with Gasteiger partial charge in [0.05, 0.1) is 5.75 Å². The Morgan fingerprint density at radius 3 is 2.71 bits per heavy atom. The Hall–Kier alpha value is -1.35. The molecule has 2 rings (SSSR count). The topological polar surface area (TPSA) is 77.6 Å². The Labute approximate surface area is 103 Å². The van der Waals surface area contributed by atoms with Crippen LogP contribution in [0.4, 0.5) is 14.6 Å². The quantitative estimate of drug-likeness (QED) is 0.861. The Balaban J connectivity index is 2.00. The smallest absolute Gasteiger partial charge is 0.291 e. The van der Waals surface area contributed by atoms with Gasteiger partial charge >= 0.3 is 0 Å². The van der Waals surface area contributed by atoms with Gasteiger partial charge in [-0.3, -0.25) is 0 Å². The zero-order chi connectivity index (χ0) is 12.3. The maximum absolute atomic E-state index is 12.3. The lowest BCUT2D eigenvalue weighted by molar-refractivity contribution is 0.150. The first-order valence-corrected chi connectivity index (χ1v) is 6.26.